The van der Waals surface area contributed by atoms with Crippen LogP contribution in [0.1, 0.15) is 43.6 Å². The molecule has 0 bridgehead atoms. The van der Waals surface area contributed by atoms with Crippen LogP contribution in [0.4, 0.5) is 0 Å². The van der Waals surface area contributed by atoms with Crippen molar-refractivity contribution in [2.45, 2.75) is 58.5 Å². The van der Waals surface area contributed by atoms with Crippen molar-refractivity contribution in [3.05, 3.63) is 21.9 Å². The lowest BCUT2D eigenvalue weighted by Crippen LogP contribution is -2.40. The first-order valence-electron chi connectivity index (χ1n) is 7.69. The fourth-order valence-electron chi connectivity index (χ4n) is 3.02. The zero-order chi connectivity index (χ0) is 15.7. The Morgan fingerprint density at radius 1 is 1.32 bits per heavy atom. The Bertz CT molecular complexity index is 756. The summed E-state index contributed by atoms with van der Waals surface area (Å²) in [7, 11) is 0. The monoisotopic (exact) mass is 304 g/mol. The Kier molecular flexibility index (Phi) is 3.96. The topological polar surface area (TPSA) is 90.0 Å². The second-order valence-corrected chi connectivity index (χ2v) is 5.90. The maximum atomic E-state index is 12.5. The summed E-state index contributed by atoms with van der Waals surface area (Å²) in [5, 5.41) is 7.12. The van der Waals surface area contributed by atoms with Gasteiger partial charge < -0.3 is 9.84 Å². The molecule has 7 nitrogen and oxygen atoms in total. The smallest absolute Gasteiger partial charge is 0.267 e. The standard InChI is InChI=1S/C15H20N4O3/c1-9-13-14(22-18-9)16-10(2)19(15(13)21)8-12(20)17-11-6-4-3-5-7-11/h11H,3-8H2,1-2H3,(H,17,20). The quantitative estimate of drug-likeness (QED) is 0.927. The number of hydrogen-bond donors (Lipinski definition) is 1. The van der Waals surface area contributed by atoms with Crippen molar-refractivity contribution >= 4 is 17.0 Å². The van der Waals surface area contributed by atoms with Gasteiger partial charge in [0.05, 0.1) is 5.69 Å². The number of carbonyl (C=O) groups excluding carboxylic acids is 1. The van der Waals surface area contributed by atoms with Crippen molar-refractivity contribution in [3.8, 4) is 0 Å². The van der Waals surface area contributed by atoms with Crippen LogP contribution in [-0.2, 0) is 11.3 Å². The lowest BCUT2D eigenvalue weighted by atomic mass is 9.95. The number of amides is 1. The largest absolute Gasteiger partial charge is 0.352 e. The molecule has 1 saturated carbocycles. The van der Waals surface area contributed by atoms with E-state index < -0.39 is 0 Å². The van der Waals surface area contributed by atoms with Crippen LogP contribution in [0.15, 0.2) is 9.32 Å². The summed E-state index contributed by atoms with van der Waals surface area (Å²) in [6.07, 6.45) is 5.57. The van der Waals surface area contributed by atoms with Gasteiger partial charge in [-0.1, -0.05) is 24.4 Å². The van der Waals surface area contributed by atoms with Crippen molar-refractivity contribution < 1.29 is 9.32 Å². The predicted molar refractivity (Wildman–Crippen MR) is 80.6 cm³/mol. The van der Waals surface area contributed by atoms with Crippen molar-refractivity contribution in [1.82, 2.24) is 20.0 Å². The first-order chi connectivity index (χ1) is 10.6. The number of fused-ring (bicyclic) bond motifs is 1. The molecule has 2 aromatic heterocycles. The van der Waals surface area contributed by atoms with Crippen molar-refractivity contribution in [2.24, 2.45) is 0 Å². The molecule has 0 saturated heterocycles. The summed E-state index contributed by atoms with van der Waals surface area (Å²) in [6.45, 7) is 3.36. The molecule has 1 N–H and O–H groups in total. The summed E-state index contributed by atoms with van der Waals surface area (Å²) in [5.41, 5.74) is 0.443. The molecule has 1 aliphatic carbocycles. The maximum absolute atomic E-state index is 12.5. The van der Waals surface area contributed by atoms with Crippen LogP contribution in [0.2, 0.25) is 0 Å². The molecule has 3 rings (SSSR count). The molecular weight excluding hydrogens is 284 g/mol. The highest BCUT2D eigenvalue weighted by atomic mass is 16.5. The molecule has 2 heterocycles. The third kappa shape index (κ3) is 2.75. The van der Waals surface area contributed by atoms with Crippen LogP contribution < -0.4 is 10.9 Å². The Morgan fingerprint density at radius 3 is 2.77 bits per heavy atom. The summed E-state index contributed by atoms with van der Waals surface area (Å²) in [5.74, 6) is 0.305. The lowest BCUT2D eigenvalue weighted by molar-refractivity contribution is -0.122. The number of nitrogens with zero attached hydrogens (tertiary/aromatic N) is 3. The first kappa shape index (κ1) is 14.7. The van der Waals surface area contributed by atoms with Crippen LogP contribution in [0.25, 0.3) is 11.1 Å². The molecule has 0 aliphatic heterocycles. The summed E-state index contributed by atoms with van der Waals surface area (Å²) in [4.78, 5) is 28.9. The van der Waals surface area contributed by atoms with Crippen molar-refractivity contribution in [1.29, 1.82) is 0 Å². The van der Waals surface area contributed by atoms with Crippen molar-refractivity contribution in [3.63, 3.8) is 0 Å². The summed E-state index contributed by atoms with van der Waals surface area (Å²) < 4.78 is 6.40. The van der Waals surface area contributed by atoms with Gasteiger partial charge in [0, 0.05) is 6.04 Å². The SMILES string of the molecule is Cc1noc2nc(C)n(CC(=O)NC3CCCCC3)c(=O)c12. The molecule has 0 spiro atoms. The third-order valence-corrected chi connectivity index (χ3v) is 4.23. The van der Waals surface area contributed by atoms with E-state index in [1.807, 2.05) is 0 Å². The minimum Gasteiger partial charge on any atom is -0.352 e. The van der Waals surface area contributed by atoms with Gasteiger partial charge in [0.15, 0.2) is 0 Å². The highest BCUT2D eigenvalue weighted by Gasteiger charge is 2.19. The zero-order valence-electron chi connectivity index (χ0n) is 12.9. The summed E-state index contributed by atoms with van der Waals surface area (Å²) in [6, 6.07) is 0.228. The van der Waals surface area contributed by atoms with Gasteiger partial charge in [0.25, 0.3) is 11.3 Å². The third-order valence-electron chi connectivity index (χ3n) is 4.23. The average molecular weight is 304 g/mol. The van der Waals surface area contributed by atoms with Gasteiger partial charge >= 0.3 is 0 Å². The van der Waals surface area contributed by atoms with E-state index >= 15 is 0 Å². The van der Waals surface area contributed by atoms with Crippen molar-refractivity contribution in [2.75, 3.05) is 0 Å². The molecule has 7 heteroatoms. The fourth-order valence-corrected chi connectivity index (χ4v) is 3.02. The van der Waals surface area contributed by atoms with Crippen LogP contribution in [0.3, 0.4) is 0 Å². The van der Waals surface area contributed by atoms with E-state index in [1.54, 1.807) is 13.8 Å². The predicted octanol–water partition coefficient (Wildman–Crippen LogP) is 1.45. The van der Waals surface area contributed by atoms with E-state index in [0.717, 1.165) is 25.7 Å². The Labute approximate surface area is 127 Å². The number of aromatic nitrogens is 3. The molecule has 22 heavy (non-hydrogen) atoms. The zero-order valence-corrected chi connectivity index (χ0v) is 12.9. The molecule has 2 aromatic rings. The van der Waals surface area contributed by atoms with Gasteiger partial charge in [-0.3, -0.25) is 14.2 Å². The second kappa shape index (κ2) is 5.90. The molecule has 1 fully saturated rings. The minimum atomic E-state index is -0.278. The first-order valence-corrected chi connectivity index (χ1v) is 7.69. The highest BCUT2D eigenvalue weighted by Crippen LogP contribution is 2.17. The van der Waals surface area contributed by atoms with Gasteiger partial charge in [0.1, 0.15) is 17.8 Å². The molecule has 1 aliphatic rings. The van der Waals surface area contributed by atoms with Gasteiger partial charge in [-0.2, -0.15) is 4.98 Å². The number of carbonyl (C=O) groups is 1. The molecule has 0 aromatic carbocycles. The number of rotatable bonds is 3. The molecule has 0 unspecified atom stereocenters. The number of hydrogen-bond acceptors (Lipinski definition) is 5. The summed E-state index contributed by atoms with van der Waals surface area (Å²) >= 11 is 0. The molecule has 0 atom stereocenters. The van der Waals surface area contributed by atoms with Gasteiger partial charge in [-0.25, -0.2) is 0 Å². The van der Waals surface area contributed by atoms with Crippen LogP contribution in [0.5, 0.6) is 0 Å². The number of nitrogens with one attached hydrogen (secondary N) is 1. The normalized spacial score (nSPS) is 16.1. The molecular formula is C15H20N4O3. The fraction of sp³-hybridized carbons (Fsp3) is 0.600. The molecule has 0 radical (unpaired) electrons. The average Bonchev–Trinajstić information content (AvgIpc) is 2.85. The Hall–Kier alpha value is -2.18. The van der Waals surface area contributed by atoms with Gasteiger partial charge in [-0.15, -0.1) is 0 Å². The maximum Gasteiger partial charge on any atom is 0.267 e. The van der Waals surface area contributed by atoms with Gasteiger partial charge in [0.2, 0.25) is 5.91 Å². The van der Waals surface area contributed by atoms with E-state index in [1.165, 1.54) is 11.0 Å². The van der Waals surface area contributed by atoms with E-state index in [9.17, 15) is 9.59 Å². The number of aryl methyl sites for hydroxylation is 2. The highest BCUT2D eigenvalue weighted by molar-refractivity contribution is 5.78. The minimum absolute atomic E-state index is 0.0191. The van der Waals surface area contributed by atoms with Crippen LogP contribution >= 0.6 is 0 Å². The van der Waals surface area contributed by atoms with E-state index in [-0.39, 0.29) is 29.8 Å². The van der Waals surface area contributed by atoms with Crippen LogP contribution in [-0.4, -0.2) is 26.7 Å². The Balaban J connectivity index is 1.82. The Morgan fingerprint density at radius 2 is 2.05 bits per heavy atom. The van der Waals surface area contributed by atoms with E-state index in [0.29, 0.717) is 16.9 Å². The van der Waals surface area contributed by atoms with Crippen LogP contribution in [0, 0.1) is 13.8 Å². The molecule has 1 amide bonds. The van der Waals surface area contributed by atoms with Gasteiger partial charge in [-0.05, 0) is 26.7 Å². The lowest BCUT2D eigenvalue weighted by Gasteiger charge is -2.23. The van der Waals surface area contributed by atoms with E-state index in [4.69, 9.17) is 4.52 Å². The van der Waals surface area contributed by atoms with E-state index in [2.05, 4.69) is 15.5 Å². The molecule has 118 valence electrons. The second-order valence-electron chi connectivity index (χ2n) is 5.90.